The maximum absolute atomic E-state index is 14.1. The number of carbonyl (C=O) groups is 2. The molecule has 7 bridgehead atoms. The van der Waals surface area contributed by atoms with Crippen LogP contribution in [0.2, 0.25) is 0 Å². The van der Waals surface area contributed by atoms with E-state index in [1.807, 2.05) is 0 Å². The van der Waals surface area contributed by atoms with Gasteiger partial charge in [-0.25, -0.2) is 9.59 Å². The molecular weight excluding hydrogens is 607 g/mol. The van der Waals surface area contributed by atoms with Crippen LogP contribution in [0.4, 0.5) is 0 Å². The Balaban J connectivity index is 1.36. The molecular formula is C35H45N3O5S2. The lowest BCUT2D eigenvalue weighted by atomic mass is 9.44. The fourth-order valence-electron chi connectivity index (χ4n) is 8.85. The van der Waals surface area contributed by atoms with E-state index in [0.717, 1.165) is 91.4 Å². The highest BCUT2D eigenvalue weighted by atomic mass is 33.1. The number of esters is 2. The minimum Gasteiger partial charge on any atom is -0.427 e. The Morgan fingerprint density at radius 1 is 1.20 bits per heavy atom. The number of hydrogen-bond donors (Lipinski definition) is 4. The van der Waals surface area contributed by atoms with Gasteiger partial charge < -0.3 is 30.5 Å². The van der Waals surface area contributed by atoms with Gasteiger partial charge in [-0.2, -0.15) is 0 Å². The third-order valence-corrected chi connectivity index (χ3v) is 13.4. The molecule has 8 aliphatic rings. The molecule has 4 aliphatic carbocycles. The highest BCUT2D eigenvalue weighted by molar-refractivity contribution is 8.76. The summed E-state index contributed by atoms with van der Waals surface area (Å²) in [7, 11) is 3.52. The zero-order valence-corrected chi connectivity index (χ0v) is 28.1. The van der Waals surface area contributed by atoms with Gasteiger partial charge in [-0.15, -0.1) is 0 Å². The minimum atomic E-state index is -0.647. The van der Waals surface area contributed by atoms with Crippen molar-refractivity contribution in [3.05, 3.63) is 69.5 Å². The predicted octanol–water partition coefficient (Wildman–Crippen LogP) is 5.72. The van der Waals surface area contributed by atoms with Crippen LogP contribution in [0.25, 0.3) is 0 Å². The van der Waals surface area contributed by atoms with E-state index < -0.39 is 11.5 Å². The van der Waals surface area contributed by atoms with Crippen LogP contribution in [0, 0.1) is 29.1 Å². The summed E-state index contributed by atoms with van der Waals surface area (Å²) in [5.41, 5.74) is 4.46. The van der Waals surface area contributed by atoms with Crippen molar-refractivity contribution in [2.75, 3.05) is 19.0 Å². The van der Waals surface area contributed by atoms with Gasteiger partial charge in [0.25, 0.3) is 0 Å². The van der Waals surface area contributed by atoms with Crippen molar-refractivity contribution in [3.63, 3.8) is 0 Å². The summed E-state index contributed by atoms with van der Waals surface area (Å²) in [6.45, 7) is 7.37. The molecule has 45 heavy (non-hydrogen) atoms. The molecule has 8 rings (SSSR count). The Morgan fingerprint density at radius 3 is 2.89 bits per heavy atom. The SMILES string of the molecule is CCCC=C1OC(=O)C2=C1CCC1C3CCC4(C5=CCC(C)C(NCC(C)O)SSCNC6=CC(=CCN6)CC3=C4C(=O)O5)C21. The maximum atomic E-state index is 14.1. The summed E-state index contributed by atoms with van der Waals surface area (Å²) in [6, 6.07) is 0. The van der Waals surface area contributed by atoms with E-state index in [1.165, 1.54) is 11.1 Å². The molecule has 7 atom stereocenters. The lowest BCUT2D eigenvalue weighted by Gasteiger charge is -2.56. The monoisotopic (exact) mass is 651 g/mol. The van der Waals surface area contributed by atoms with Crippen molar-refractivity contribution >= 4 is 33.5 Å². The standard InChI is InChI=1S/C35H45N3O5S2/c1-4-5-6-26-24-9-8-23-22-11-13-35(30(23)29(24)33(40)42-26)27-10-7-19(2)32(37-17-20(3)39)45-44-18-38-28-16-21(12-14-36-28)15-25(22)31(35)34(41)43-27/h6,10,12,16,19-20,22-23,30,32,36-39H,4-5,7-9,11,13-15,17-18H2,1-3H3. The summed E-state index contributed by atoms with van der Waals surface area (Å²) < 4.78 is 12.3. The van der Waals surface area contributed by atoms with Crippen LogP contribution in [0.5, 0.6) is 0 Å². The lowest BCUT2D eigenvalue weighted by Crippen LogP contribution is -2.52. The molecule has 7 unspecified atom stereocenters. The Morgan fingerprint density at radius 2 is 2.07 bits per heavy atom. The van der Waals surface area contributed by atoms with Crippen LogP contribution >= 0.6 is 21.6 Å². The van der Waals surface area contributed by atoms with Crippen molar-refractivity contribution in [2.24, 2.45) is 29.1 Å². The van der Waals surface area contributed by atoms with Crippen molar-refractivity contribution in [1.82, 2.24) is 16.0 Å². The maximum Gasteiger partial charge on any atom is 0.340 e. The highest BCUT2D eigenvalue weighted by Crippen LogP contribution is 2.71. The smallest absolute Gasteiger partial charge is 0.340 e. The fourth-order valence-corrected chi connectivity index (χ4v) is 11.3. The van der Waals surface area contributed by atoms with Gasteiger partial charge in [-0.05, 0) is 93.4 Å². The molecule has 0 aromatic heterocycles. The summed E-state index contributed by atoms with van der Waals surface area (Å²) in [5.74, 6) is 3.34. The Kier molecular flexibility index (Phi) is 8.78. The van der Waals surface area contributed by atoms with E-state index >= 15 is 0 Å². The van der Waals surface area contributed by atoms with Gasteiger partial charge in [0.1, 0.15) is 11.5 Å². The number of dihydropyridines is 1. The number of unbranched alkanes of at least 4 members (excludes halogenated alkanes) is 1. The van der Waals surface area contributed by atoms with Gasteiger partial charge in [0, 0.05) is 30.2 Å². The third-order valence-electron chi connectivity index (χ3n) is 10.8. The number of rotatable bonds is 5. The number of fused-ring (bicyclic) bond motifs is 2. The fraction of sp³-hybridized carbons (Fsp3) is 0.600. The van der Waals surface area contributed by atoms with E-state index in [2.05, 4.69) is 54.1 Å². The van der Waals surface area contributed by atoms with Crippen molar-refractivity contribution in [1.29, 1.82) is 0 Å². The first-order valence-electron chi connectivity index (χ1n) is 16.7. The third kappa shape index (κ3) is 5.43. The van der Waals surface area contributed by atoms with Gasteiger partial charge in [0.15, 0.2) is 0 Å². The minimum absolute atomic E-state index is 0.0787. The van der Waals surface area contributed by atoms with Gasteiger partial charge in [0.2, 0.25) is 0 Å². The number of ether oxygens (including phenoxy) is 2. The molecule has 4 aliphatic heterocycles. The number of aliphatic hydroxyl groups excluding tert-OH is 1. The first-order chi connectivity index (χ1) is 21.8. The lowest BCUT2D eigenvalue weighted by molar-refractivity contribution is -0.135. The number of carbonyl (C=O) groups excluding carboxylic acids is 2. The Bertz CT molecular complexity index is 1460. The predicted molar refractivity (Wildman–Crippen MR) is 178 cm³/mol. The van der Waals surface area contributed by atoms with Crippen LogP contribution in [0.3, 0.4) is 0 Å². The zero-order valence-electron chi connectivity index (χ0n) is 26.4. The molecule has 4 heterocycles. The second kappa shape index (κ2) is 12.7. The van der Waals surface area contributed by atoms with E-state index in [-0.39, 0.29) is 41.0 Å². The van der Waals surface area contributed by atoms with Crippen LogP contribution in [-0.4, -0.2) is 47.5 Å². The molecule has 1 saturated heterocycles. The molecule has 8 nitrogen and oxygen atoms in total. The zero-order chi connectivity index (χ0) is 31.3. The van der Waals surface area contributed by atoms with Crippen molar-refractivity contribution < 1.29 is 24.2 Å². The number of aliphatic hydroxyl groups is 1. The number of allylic oxidation sites excluding steroid dienone is 7. The molecule has 10 heteroatoms. The first kappa shape index (κ1) is 31.2. The van der Waals surface area contributed by atoms with Crippen LogP contribution in [0.15, 0.2) is 69.5 Å². The number of hydrogen-bond acceptors (Lipinski definition) is 10. The summed E-state index contributed by atoms with van der Waals surface area (Å²) in [4.78, 5) is 27.8. The highest BCUT2D eigenvalue weighted by Gasteiger charge is 2.68. The van der Waals surface area contributed by atoms with Crippen LogP contribution < -0.4 is 16.0 Å². The Hall–Kier alpha value is -2.40. The summed E-state index contributed by atoms with van der Waals surface area (Å²) in [5, 5.41) is 20.7. The average molecular weight is 652 g/mol. The topological polar surface area (TPSA) is 109 Å². The van der Waals surface area contributed by atoms with Crippen LogP contribution in [0.1, 0.15) is 72.1 Å². The summed E-state index contributed by atoms with van der Waals surface area (Å²) >= 11 is 0. The van der Waals surface area contributed by atoms with Gasteiger partial charge in [-0.1, -0.05) is 53.5 Å². The molecule has 1 saturated carbocycles. The summed E-state index contributed by atoms with van der Waals surface area (Å²) in [6.07, 6.45) is 15.1. The second-order valence-electron chi connectivity index (χ2n) is 13.6. The molecule has 242 valence electrons. The average Bonchev–Trinajstić information content (AvgIpc) is 3.51. The van der Waals surface area contributed by atoms with E-state index in [4.69, 9.17) is 9.47 Å². The van der Waals surface area contributed by atoms with E-state index in [0.29, 0.717) is 13.0 Å². The van der Waals surface area contributed by atoms with E-state index in [9.17, 15) is 14.7 Å². The second-order valence-corrected chi connectivity index (χ2v) is 16.1. The molecule has 0 amide bonds. The van der Waals surface area contributed by atoms with Crippen molar-refractivity contribution in [2.45, 2.75) is 83.6 Å². The molecule has 0 aromatic rings. The quantitative estimate of drug-likeness (QED) is 0.218. The first-order valence-corrected chi connectivity index (χ1v) is 19.1. The molecule has 0 aromatic carbocycles. The van der Waals surface area contributed by atoms with Crippen molar-refractivity contribution in [3.8, 4) is 0 Å². The van der Waals surface area contributed by atoms with Gasteiger partial charge in [-0.3, -0.25) is 0 Å². The number of nitrogens with one attached hydrogen (secondary N) is 3. The van der Waals surface area contributed by atoms with Gasteiger partial charge >= 0.3 is 11.9 Å². The van der Waals surface area contributed by atoms with E-state index in [1.54, 1.807) is 28.5 Å². The number of cyclic esters (lactones) is 1. The van der Waals surface area contributed by atoms with Gasteiger partial charge in [0.05, 0.1) is 34.2 Å². The molecule has 4 N–H and O–H groups in total. The normalized spacial score (nSPS) is 35.9. The molecule has 2 fully saturated rings. The Labute approximate surface area is 274 Å². The van der Waals surface area contributed by atoms with Crippen LogP contribution in [-0.2, 0) is 19.1 Å². The largest absolute Gasteiger partial charge is 0.427 e. The molecule has 0 radical (unpaired) electrons. The molecule has 1 spiro atoms.